The molecule has 2 unspecified atom stereocenters. The van der Waals surface area contributed by atoms with E-state index < -0.39 is 0 Å². The highest BCUT2D eigenvalue weighted by molar-refractivity contribution is 5.61. The number of hydrogen-bond acceptors (Lipinski definition) is 2. The number of hydrogen-bond donors (Lipinski definition) is 0. The third-order valence-corrected chi connectivity index (χ3v) is 9.88. The maximum absolute atomic E-state index is 7.08. The second kappa shape index (κ2) is 4.25. The molecule has 0 aromatic heterocycles. The van der Waals surface area contributed by atoms with Crippen LogP contribution < -0.4 is 0 Å². The van der Waals surface area contributed by atoms with Crippen molar-refractivity contribution in [3.05, 3.63) is 33.4 Å². The van der Waals surface area contributed by atoms with E-state index in [1.807, 2.05) is 0 Å². The van der Waals surface area contributed by atoms with Gasteiger partial charge in [-0.2, -0.15) is 0 Å². The molecule has 0 amide bonds. The fourth-order valence-corrected chi connectivity index (χ4v) is 7.84. The number of ether oxygens (including phenoxy) is 2. The molecule has 2 fully saturated rings. The minimum Gasteiger partial charge on any atom is -0.363 e. The monoisotopic (exact) mass is 356 g/mol. The molecule has 4 bridgehead atoms. The van der Waals surface area contributed by atoms with Gasteiger partial charge in [-0.3, -0.25) is 0 Å². The van der Waals surface area contributed by atoms with Gasteiger partial charge in [0.1, 0.15) is 11.2 Å². The van der Waals surface area contributed by atoms with Crippen molar-refractivity contribution in [1.29, 1.82) is 0 Å². The van der Waals surface area contributed by atoms with Crippen LogP contribution in [0.4, 0.5) is 0 Å². The molecule has 2 nitrogen and oxygen atoms in total. The summed E-state index contributed by atoms with van der Waals surface area (Å²) in [5.41, 5.74) is 6.68. The zero-order chi connectivity index (χ0) is 19.9. The first kappa shape index (κ1) is 18.5. The molecule has 26 heavy (non-hydrogen) atoms. The van der Waals surface area contributed by atoms with Crippen molar-refractivity contribution < 1.29 is 9.47 Å². The summed E-state index contributed by atoms with van der Waals surface area (Å²) < 4.78 is 14.2. The molecule has 1 aliphatic carbocycles. The van der Waals surface area contributed by atoms with Gasteiger partial charge in [-0.25, -0.2) is 0 Å². The van der Waals surface area contributed by atoms with Crippen LogP contribution in [-0.4, -0.2) is 11.2 Å². The average molecular weight is 357 g/mol. The Labute approximate surface area is 159 Å². The molecule has 2 aliphatic heterocycles. The van der Waals surface area contributed by atoms with Crippen LogP contribution in [0, 0.1) is 38.5 Å². The Hall–Kier alpha value is -0.860. The first-order valence-electron chi connectivity index (χ1n) is 10.1. The third kappa shape index (κ3) is 1.34. The van der Waals surface area contributed by atoms with Gasteiger partial charge in [0.15, 0.2) is 0 Å². The van der Waals surface area contributed by atoms with Crippen LogP contribution in [0.3, 0.4) is 0 Å². The van der Waals surface area contributed by atoms with Crippen LogP contribution >= 0.6 is 0 Å². The van der Waals surface area contributed by atoms with Gasteiger partial charge in [-0.1, -0.05) is 13.8 Å². The van der Waals surface area contributed by atoms with Gasteiger partial charge >= 0.3 is 0 Å². The Morgan fingerprint density at radius 2 is 0.731 bits per heavy atom. The van der Waals surface area contributed by atoms with Gasteiger partial charge in [-0.05, 0) is 103 Å². The summed E-state index contributed by atoms with van der Waals surface area (Å²) in [6, 6.07) is 0. The molecule has 2 heterocycles. The molecular weight excluding hydrogens is 320 g/mol. The van der Waals surface area contributed by atoms with Crippen LogP contribution in [0.5, 0.6) is 0 Å². The fourth-order valence-electron chi connectivity index (χ4n) is 7.84. The van der Waals surface area contributed by atoms with E-state index in [1.165, 1.54) is 33.4 Å². The lowest BCUT2D eigenvalue weighted by Gasteiger charge is -2.57. The minimum atomic E-state index is -0.382. The molecule has 0 spiro atoms. The predicted molar refractivity (Wildman–Crippen MR) is 107 cm³/mol. The zero-order valence-corrected chi connectivity index (χ0v) is 18.8. The fraction of sp³-hybridized carbons (Fsp3) is 0.750. The highest BCUT2D eigenvalue weighted by atomic mass is 16.6. The van der Waals surface area contributed by atoms with Gasteiger partial charge in [0.05, 0.1) is 11.2 Å². The van der Waals surface area contributed by atoms with Crippen molar-refractivity contribution in [2.24, 2.45) is 10.8 Å². The standard InChI is InChI=1S/C24H36O2/c1-13-14(2)16(4)18-17(15(13)3)21(9)23(11)19(5,6)26-22(18,10)24(23,12)20(7,8)25-21/h1-12H3/t21-,22?,23?,24+/m0/s1. The Bertz CT molecular complexity index is 793. The van der Waals surface area contributed by atoms with Crippen LogP contribution in [0.1, 0.15) is 88.8 Å². The lowest BCUT2D eigenvalue weighted by molar-refractivity contribution is -0.193. The average Bonchev–Trinajstić information content (AvgIpc) is 2.68. The summed E-state index contributed by atoms with van der Waals surface area (Å²) >= 11 is 0. The molecule has 2 heteroatoms. The third-order valence-electron chi connectivity index (χ3n) is 9.88. The molecule has 0 saturated carbocycles. The molecule has 4 atom stereocenters. The molecule has 1 aromatic carbocycles. The molecule has 2 saturated heterocycles. The summed E-state index contributed by atoms with van der Waals surface area (Å²) in [5.74, 6) is 0. The van der Waals surface area contributed by atoms with Gasteiger partial charge in [-0.15, -0.1) is 0 Å². The lowest BCUT2D eigenvalue weighted by Crippen LogP contribution is -2.61. The maximum Gasteiger partial charge on any atom is 0.101 e. The molecule has 0 N–H and O–H groups in total. The molecular formula is C24H36O2. The van der Waals surface area contributed by atoms with Crippen LogP contribution in [-0.2, 0) is 20.7 Å². The van der Waals surface area contributed by atoms with Crippen molar-refractivity contribution in [3.8, 4) is 0 Å². The number of fused-ring (bicyclic) bond motifs is 3. The predicted octanol–water partition coefficient (Wildman–Crippen LogP) is 5.99. The number of benzene rings is 1. The zero-order valence-electron chi connectivity index (χ0n) is 18.8. The molecule has 3 aliphatic rings. The van der Waals surface area contributed by atoms with E-state index in [9.17, 15) is 0 Å². The molecule has 144 valence electrons. The molecule has 1 aromatic rings. The van der Waals surface area contributed by atoms with E-state index in [0.29, 0.717) is 0 Å². The highest BCUT2D eigenvalue weighted by Gasteiger charge is 2.88. The summed E-state index contributed by atoms with van der Waals surface area (Å²) in [5, 5.41) is 0. The van der Waals surface area contributed by atoms with Gasteiger partial charge in [0.2, 0.25) is 0 Å². The first-order chi connectivity index (χ1) is 11.6. The van der Waals surface area contributed by atoms with Crippen molar-refractivity contribution in [2.75, 3.05) is 0 Å². The van der Waals surface area contributed by atoms with Crippen molar-refractivity contribution in [2.45, 2.75) is 105 Å². The maximum atomic E-state index is 7.08. The Morgan fingerprint density at radius 3 is 1.00 bits per heavy atom. The largest absolute Gasteiger partial charge is 0.363 e. The minimum absolute atomic E-state index is 0.142. The van der Waals surface area contributed by atoms with Gasteiger partial charge in [0, 0.05) is 10.8 Å². The smallest absolute Gasteiger partial charge is 0.101 e. The van der Waals surface area contributed by atoms with Gasteiger partial charge < -0.3 is 9.47 Å². The first-order valence-corrected chi connectivity index (χ1v) is 10.1. The highest BCUT2D eigenvalue weighted by Crippen LogP contribution is 2.84. The second-order valence-electron chi connectivity index (χ2n) is 10.8. The summed E-state index contributed by atoms with van der Waals surface area (Å²) in [4.78, 5) is 0. The number of rotatable bonds is 0. The van der Waals surface area contributed by atoms with E-state index in [1.54, 1.807) is 0 Å². The van der Waals surface area contributed by atoms with Crippen LogP contribution in [0.2, 0.25) is 0 Å². The van der Waals surface area contributed by atoms with E-state index in [-0.39, 0.29) is 33.2 Å². The SMILES string of the molecule is Cc1c(C)c(C)c2c(c1C)C1(C)OC(C)(C)C3(C)[C@]1(C)C(C)(C)O[C@@]23C. The van der Waals surface area contributed by atoms with Crippen molar-refractivity contribution in [3.63, 3.8) is 0 Å². The van der Waals surface area contributed by atoms with E-state index >= 15 is 0 Å². The quantitative estimate of drug-likeness (QED) is 0.568. The second-order valence-corrected chi connectivity index (χ2v) is 10.8. The normalized spacial score (nSPS) is 44.3. The van der Waals surface area contributed by atoms with E-state index in [0.717, 1.165) is 0 Å². The topological polar surface area (TPSA) is 18.5 Å². The van der Waals surface area contributed by atoms with E-state index in [4.69, 9.17) is 9.47 Å². The Balaban J connectivity index is 2.31. The molecule has 4 rings (SSSR count). The van der Waals surface area contributed by atoms with Crippen molar-refractivity contribution in [1.82, 2.24) is 0 Å². The summed E-state index contributed by atoms with van der Waals surface area (Å²) in [6.07, 6.45) is 0. The summed E-state index contributed by atoms with van der Waals surface area (Å²) in [7, 11) is 0. The Morgan fingerprint density at radius 1 is 0.462 bits per heavy atom. The molecule has 0 radical (unpaired) electrons. The van der Waals surface area contributed by atoms with Crippen molar-refractivity contribution >= 4 is 0 Å². The summed E-state index contributed by atoms with van der Waals surface area (Å²) in [6.45, 7) is 27.7. The van der Waals surface area contributed by atoms with Gasteiger partial charge in [0.25, 0.3) is 0 Å². The van der Waals surface area contributed by atoms with Crippen LogP contribution in [0.25, 0.3) is 0 Å². The Kier molecular flexibility index (Phi) is 3.03. The lowest BCUT2D eigenvalue weighted by atomic mass is 9.41. The van der Waals surface area contributed by atoms with Crippen LogP contribution in [0.15, 0.2) is 0 Å². The van der Waals surface area contributed by atoms with E-state index in [2.05, 4.69) is 83.1 Å².